The molecule has 0 N–H and O–H groups in total. The van der Waals surface area contributed by atoms with Crippen molar-refractivity contribution in [1.29, 1.82) is 0 Å². The van der Waals surface area contributed by atoms with Crippen LogP contribution in [0.3, 0.4) is 0 Å². The van der Waals surface area contributed by atoms with Crippen molar-refractivity contribution in [2.75, 3.05) is 12.9 Å². The maximum absolute atomic E-state index is 13.2. The zero-order valence-corrected chi connectivity index (χ0v) is 14.5. The molecule has 0 fully saturated rings. The smallest absolute Gasteiger partial charge is 0.218 e. The van der Waals surface area contributed by atoms with Gasteiger partial charge in [0.1, 0.15) is 23.9 Å². The average Bonchev–Trinajstić information content (AvgIpc) is 3.04. The van der Waals surface area contributed by atoms with Crippen LogP contribution >= 0.6 is 0 Å². The van der Waals surface area contributed by atoms with Gasteiger partial charge in [0.25, 0.3) is 0 Å². The highest BCUT2D eigenvalue weighted by atomic mass is 32.2. The van der Waals surface area contributed by atoms with Crippen molar-refractivity contribution < 1.29 is 13.3 Å². The predicted octanol–water partition coefficient (Wildman–Crippen LogP) is 2.27. The summed E-state index contributed by atoms with van der Waals surface area (Å²) in [6.07, 6.45) is 4.65. The van der Waals surface area contributed by atoms with E-state index in [9.17, 15) is 8.60 Å². The van der Waals surface area contributed by atoms with Crippen molar-refractivity contribution in [1.82, 2.24) is 25.0 Å². The molecule has 0 saturated heterocycles. The lowest BCUT2D eigenvalue weighted by atomic mass is 10.1. The SMILES string of the molecule is CCOCn1nnc(-c2ccc(F)cc2)c1-c1cnc(S(C)=O)nc1. The lowest BCUT2D eigenvalue weighted by molar-refractivity contribution is 0.0790. The summed E-state index contributed by atoms with van der Waals surface area (Å²) in [5, 5.41) is 8.56. The van der Waals surface area contributed by atoms with Crippen LogP contribution in [0.1, 0.15) is 6.92 Å². The lowest BCUT2D eigenvalue weighted by Crippen LogP contribution is -2.07. The first-order valence-corrected chi connectivity index (χ1v) is 9.09. The molecule has 1 aromatic carbocycles. The Morgan fingerprint density at radius 2 is 1.84 bits per heavy atom. The molecule has 3 rings (SSSR count). The van der Waals surface area contributed by atoms with Gasteiger partial charge in [0, 0.05) is 36.4 Å². The van der Waals surface area contributed by atoms with Gasteiger partial charge in [0.05, 0.1) is 10.8 Å². The summed E-state index contributed by atoms with van der Waals surface area (Å²) < 4.78 is 31.7. The van der Waals surface area contributed by atoms with E-state index in [-0.39, 0.29) is 17.7 Å². The number of ether oxygens (including phenoxy) is 1. The third kappa shape index (κ3) is 3.77. The van der Waals surface area contributed by atoms with Crippen molar-refractivity contribution in [3.05, 3.63) is 42.5 Å². The molecule has 0 aliphatic carbocycles. The van der Waals surface area contributed by atoms with Crippen LogP contribution in [0.25, 0.3) is 22.5 Å². The standard InChI is InChI=1S/C16H16FN5O2S/c1-3-24-10-22-15(12-8-18-16(19-9-12)25(2)23)14(20-21-22)11-4-6-13(17)7-5-11/h4-9H,3,10H2,1-2H3. The van der Waals surface area contributed by atoms with E-state index in [2.05, 4.69) is 20.3 Å². The Bertz CT molecular complexity index is 881. The summed E-state index contributed by atoms with van der Waals surface area (Å²) in [6.45, 7) is 2.61. The highest BCUT2D eigenvalue weighted by Crippen LogP contribution is 2.29. The number of benzene rings is 1. The van der Waals surface area contributed by atoms with Gasteiger partial charge in [-0.25, -0.2) is 19.0 Å². The fourth-order valence-electron chi connectivity index (χ4n) is 2.26. The number of hydrogen-bond acceptors (Lipinski definition) is 6. The first-order valence-electron chi connectivity index (χ1n) is 7.53. The van der Waals surface area contributed by atoms with Crippen LogP contribution in [-0.4, -0.2) is 42.0 Å². The summed E-state index contributed by atoms with van der Waals surface area (Å²) in [7, 11) is -1.26. The summed E-state index contributed by atoms with van der Waals surface area (Å²) in [5.41, 5.74) is 2.57. The number of nitrogens with zero attached hydrogens (tertiary/aromatic N) is 5. The van der Waals surface area contributed by atoms with Crippen LogP contribution in [-0.2, 0) is 22.3 Å². The van der Waals surface area contributed by atoms with E-state index < -0.39 is 10.8 Å². The minimum Gasteiger partial charge on any atom is -0.359 e. The first-order chi connectivity index (χ1) is 12.1. The zero-order chi connectivity index (χ0) is 17.8. The van der Waals surface area contributed by atoms with E-state index in [0.29, 0.717) is 29.1 Å². The van der Waals surface area contributed by atoms with Crippen LogP contribution in [0.2, 0.25) is 0 Å². The van der Waals surface area contributed by atoms with Gasteiger partial charge in [-0.15, -0.1) is 5.10 Å². The van der Waals surface area contributed by atoms with Crippen molar-refractivity contribution in [3.63, 3.8) is 0 Å². The van der Waals surface area contributed by atoms with Crippen molar-refractivity contribution in [2.24, 2.45) is 0 Å². The van der Waals surface area contributed by atoms with E-state index in [4.69, 9.17) is 4.74 Å². The minimum atomic E-state index is -1.26. The van der Waals surface area contributed by atoms with E-state index in [1.165, 1.54) is 18.4 Å². The van der Waals surface area contributed by atoms with Gasteiger partial charge in [-0.05, 0) is 31.2 Å². The summed E-state index contributed by atoms with van der Waals surface area (Å²) in [5.74, 6) is -0.329. The van der Waals surface area contributed by atoms with Gasteiger partial charge in [-0.1, -0.05) is 5.21 Å². The molecule has 0 aliphatic rings. The second kappa shape index (κ2) is 7.58. The van der Waals surface area contributed by atoms with Gasteiger partial charge in [-0.2, -0.15) is 0 Å². The molecule has 3 aromatic rings. The molecule has 0 bridgehead atoms. The second-order valence-electron chi connectivity index (χ2n) is 5.12. The van der Waals surface area contributed by atoms with Gasteiger partial charge >= 0.3 is 0 Å². The Hall–Kier alpha value is -2.52. The third-order valence-electron chi connectivity index (χ3n) is 3.43. The Balaban J connectivity index is 2.09. The first kappa shape index (κ1) is 17.3. The topological polar surface area (TPSA) is 82.8 Å². The summed E-state index contributed by atoms with van der Waals surface area (Å²) in [4.78, 5) is 8.25. The molecule has 9 heteroatoms. The molecule has 2 aromatic heterocycles. The van der Waals surface area contributed by atoms with Gasteiger partial charge in [0.15, 0.2) is 0 Å². The fourth-order valence-corrected chi connectivity index (χ4v) is 2.66. The van der Waals surface area contributed by atoms with Crippen LogP contribution in [0.5, 0.6) is 0 Å². The molecule has 0 spiro atoms. The Kier molecular flexibility index (Phi) is 5.25. The van der Waals surface area contributed by atoms with E-state index in [0.717, 1.165) is 0 Å². The quantitative estimate of drug-likeness (QED) is 0.627. The number of halogens is 1. The molecular weight excluding hydrogens is 345 g/mol. The van der Waals surface area contributed by atoms with Crippen LogP contribution in [0.4, 0.5) is 4.39 Å². The normalized spacial score (nSPS) is 12.3. The molecule has 7 nitrogen and oxygen atoms in total. The monoisotopic (exact) mass is 361 g/mol. The highest BCUT2D eigenvalue weighted by Gasteiger charge is 2.18. The average molecular weight is 361 g/mol. The molecule has 1 atom stereocenters. The number of aromatic nitrogens is 5. The number of hydrogen-bond donors (Lipinski definition) is 0. The van der Waals surface area contributed by atoms with Gasteiger partial charge < -0.3 is 4.74 Å². The molecule has 25 heavy (non-hydrogen) atoms. The third-order valence-corrected chi connectivity index (χ3v) is 4.15. The number of rotatable bonds is 6. The van der Waals surface area contributed by atoms with E-state index >= 15 is 0 Å². The molecule has 1 unspecified atom stereocenters. The summed E-state index contributed by atoms with van der Waals surface area (Å²) in [6, 6.07) is 5.98. The molecule has 130 valence electrons. The molecule has 2 heterocycles. The van der Waals surface area contributed by atoms with E-state index in [1.807, 2.05) is 6.92 Å². The molecule has 0 amide bonds. The molecular formula is C16H16FN5O2S. The zero-order valence-electron chi connectivity index (χ0n) is 13.7. The minimum absolute atomic E-state index is 0.210. The van der Waals surface area contributed by atoms with E-state index in [1.54, 1.807) is 29.2 Å². The van der Waals surface area contributed by atoms with Crippen molar-refractivity contribution in [3.8, 4) is 22.5 Å². The second-order valence-corrected chi connectivity index (χ2v) is 6.40. The summed E-state index contributed by atoms with van der Waals surface area (Å²) >= 11 is 0. The predicted molar refractivity (Wildman–Crippen MR) is 90.4 cm³/mol. The largest absolute Gasteiger partial charge is 0.359 e. The Labute approximate surface area is 146 Å². The Morgan fingerprint density at radius 1 is 1.16 bits per heavy atom. The molecule has 0 radical (unpaired) electrons. The Morgan fingerprint density at radius 3 is 2.44 bits per heavy atom. The molecule has 0 saturated carbocycles. The maximum Gasteiger partial charge on any atom is 0.218 e. The molecule has 0 aliphatic heterocycles. The van der Waals surface area contributed by atoms with Gasteiger partial charge in [0.2, 0.25) is 5.16 Å². The fraction of sp³-hybridized carbons (Fsp3) is 0.250. The van der Waals surface area contributed by atoms with Crippen LogP contribution < -0.4 is 0 Å². The van der Waals surface area contributed by atoms with Crippen molar-refractivity contribution in [2.45, 2.75) is 18.8 Å². The lowest BCUT2D eigenvalue weighted by Gasteiger charge is -2.08. The van der Waals surface area contributed by atoms with Crippen LogP contribution in [0.15, 0.2) is 41.8 Å². The maximum atomic E-state index is 13.2. The van der Waals surface area contributed by atoms with Crippen LogP contribution in [0, 0.1) is 5.82 Å². The highest BCUT2D eigenvalue weighted by molar-refractivity contribution is 7.84. The van der Waals surface area contributed by atoms with Gasteiger partial charge in [-0.3, -0.25) is 4.21 Å². The van der Waals surface area contributed by atoms with Crippen molar-refractivity contribution >= 4 is 10.8 Å².